The van der Waals surface area contributed by atoms with E-state index in [1.165, 1.54) is 24.0 Å². The molecule has 3 aromatic heterocycles. The zero-order valence-electron chi connectivity index (χ0n) is 22.1. The molecular formula is C36H28N4. The van der Waals surface area contributed by atoms with Crippen molar-refractivity contribution >= 4 is 46.4 Å². The van der Waals surface area contributed by atoms with Crippen molar-refractivity contribution in [1.82, 2.24) is 19.9 Å². The van der Waals surface area contributed by atoms with E-state index in [1.807, 2.05) is 0 Å². The molecule has 0 saturated heterocycles. The van der Waals surface area contributed by atoms with E-state index >= 15 is 0 Å². The number of H-pyrrole nitrogens is 2. The molecule has 3 aliphatic rings. The number of benzene rings is 2. The maximum absolute atomic E-state index is 5.14. The Kier molecular flexibility index (Phi) is 5.37. The molecule has 0 amide bonds. The minimum atomic E-state index is 0.970. The maximum Gasteiger partial charge on any atom is 0.0872 e. The van der Waals surface area contributed by atoms with Gasteiger partial charge in [0.15, 0.2) is 0 Å². The van der Waals surface area contributed by atoms with Crippen LogP contribution in [0.25, 0.3) is 68.6 Å². The molecule has 5 aromatic rings. The van der Waals surface area contributed by atoms with E-state index in [0.29, 0.717) is 0 Å². The van der Waals surface area contributed by atoms with Gasteiger partial charge in [-0.15, -0.1) is 0 Å². The Hall–Kier alpha value is -4.96. The maximum atomic E-state index is 5.14. The van der Waals surface area contributed by atoms with Gasteiger partial charge in [0, 0.05) is 22.2 Å². The van der Waals surface area contributed by atoms with Crippen LogP contribution in [-0.2, 0) is 12.8 Å². The lowest BCUT2D eigenvalue weighted by Gasteiger charge is -2.16. The van der Waals surface area contributed by atoms with E-state index < -0.39 is 0 Å². The third-order valence-corrected chi connectivity index (χ3v) is 8.20. The zero-order valence-corrected chi connectivity index (χ0v) is 22.1. The average molecular weight is 517 g/mol. The molecular weight excluding hydrogens is 488 g/mol. The summed E-state index contributed by atoms with van der Waals surface area (Å²) in [6, 6.07) is 30.0. The van der Waals surface area contributed by atoms with Crippen molar-refractivity contribution in [3.05, 3.63) is 119 Å². The van der Waals surface area contributed by atoms with Crippen LogP contribution in [0.5, 0.6) is 0 Å². The van der Waals surface area contributed by atoms with Crippen LogP contribution in [-0.4, -0.2) is 19.9 Å². The molecule has 0 atom stereocenters. The molecule has 40 heavy (non-hydrogen) atoms. The molecule has 8 rings (SSSR count). The van der Waals surface area contributed by atoms with Crippen molar-refractivity contribution < 1.29 is 0 Å². The monoisotopic (exact) mass is 516 g/mol. The molecule has 0 unspecified atom stereocenters. The molecule has 4 nitrogen and oxygen atoms in total. The third-order valence-electron chi connectivity index (χ3n) is 8.20. The van der Waals surface area contributed by atoms with E-state index in [1.54, 1.807) is 0 Å². The highest BCUT2D eigenvalue weighted by molar-refractivity contribution is 6.01. The molecule has 4 heteroatoms. The third kappa shape index (κ3) is 3.84. The second-order valence-electron chi connectivity index (χ2n) is 10.6. The van der Waals surface area contributed by atoms with Gasteiger partial charge in [0.05, 0.1) is 33.8 Å². The van der Waals surface area contributed by atoms with Crippen molar-refractivity contribution in [2.45, 2.75) is 25.7 Å². The van der Waals surface area contributed by atoms with Crippen LogP contribution in [0.2, 0.25) is 0 Å². The first-order valence-electron chi connectivity index (χ1n) is 14.1. The van der Waals surface area contributed by atoms with Crippen LogP contribution < -0.4 is 0 Å². The Labute approximate surface area is 232 Å². The van der Waals surface area contributed by atoms with Gasteiger partial charge in [-0.3, -0.25) is 0 Å². The topological polar surface area (TPSA) is 57.4 Å². The summed E-state index contributed by atoms with van der Waals surface area (Å²) in [4.78, 5) is 17.8. The fourth-order valence-electron chi connectivity index (χ4n) is 6.29. The van der Waals surface area contributed by atoms with Crippen molar-refractivity contribution in [1.29, 1.82) is 0 Å². The van der Waals surface area contributed by atoms with E-state index in [4.69, 9.17) is 9.97 Å². The summed E-state index contributed by atoms with van der Waals surface area (Å²) in [5, 5.41) is 0. The summed E-state index contributed by atoms with van der Waals surface area (Å²) in [5.41, 5.74) is 15.5. The minimum absolute atomic E-state index is 0.970. The second kappa shape index (κ2) is 9.35. The number of rotatable bonds is 2. The lowest BCUT2D eigenvalue weighted by atomic mass is 9.90. The quantitative estimate of drug-likeness (QED) is 0.241. The summed E-state index contributed by atoms with van der Waals surface area (Å²) in [6.45, 7) is 0. The van der Waals surface area contributed by atoms with Gasteiger partial charge >= 0.3 is 0 Å². The molecule has 2 aromatic carbocycles. The van der Waals surface area contributed by atoms with E-state index in [-0.39, 0.29) is 0 Å². The Bertz CT molecular complexity index is 1840. The predicted octanol–water partition coefficient (Wildman–Crippen LogP) is 8.87. The van der Waals surface area contributed by atoms with Crippen LogP contribution in [0.15, 0.2) is 84.9 Å². The molecule has 0 radical (unpaired) electrons. The van der Waals surface area contributed by atoms with Crippen LogP contribution >= 0.6 is 0 Å². The number of aromatic nitrogens is 4. The summed E-state index contributed by atoms with van der Waals surface area (Å²) >= 11 is 0. The zero-order chi connectivity index (χ0) is 26.5. The second-order valence-corrected chi connectivity index (χ2v) is 10.6. The predicted molar refractivity (Wildman–Crippen MR) is 166 cm³/mol. The standard InChI is InChI=1S/C36H28N4/c1-3-9-23(10-4-1)35-33-21-19-31(39-33)29-17-15-27(37-29)25-13-7-8-14-26(25)28-16-18-30(38-28)32-20-22-34(40-32)36(35)24-11-5-2-6-12-24/h1-6,9-12,15-22,39-40H,7-8,13-14H2. The first-order valence-corrected chi connectivity index (χ1v) is 14.1. The Balaban J connectivity index is 1.57. The summed E-state index contributed by atoms with van der Waals surface area (Å²) in [6.07, 6.45) is 13.1. The number of hydrogen-bond donors (Lipinski definition) is 2. The fraction of sp³-hybridized carbons (Fsp3) is 0.111. The number of aromatic amines is 2. The highest BCUT2D eigenvalue weighted by Gasteiger charge is 2.19. The first kappa shape index (κ1) is 23.0. The summed E-state index contributed by atoms with van der Waals surface area (Å²) in [5.74, 6) is 0. The van der Waals surface area contributed by atoms with Crippen molar-refractivity contribution in [3.63, 3.8) is 0 Å². The van der Waals surface area contributed by atoms with Crippen molar-refractivity contribution in [2.24, 2.45) is 0 Å². The SMILES string of the molecule is C1=Cc2nc1c1c(c3nc(c4ccc([nH]4)c(-c4ccccc4)c(-c4ccccc4)c4ccc2[nH]4)C=C3)CCCC1. The molecule has 2 N–H and O–H groups in total. The van der Waals surface area contributed by atoms with Gasteiger partial charge in [0.1, 0.15) is 0 Å². The molecule has 2 aliphatic heterocycles. The Morgan fingerprint density at radius 3 is 1.27 bits per heavy atom. The van der Waals surface area contributed by atoms with Gasteiger partial charge in [-0.1, -0.05) is 60.7 Å². The van der Waals surface area contributed by atoms with Gasteiger partial charge in [-0.2, -0.15) is 0 Å². The number of hydrogen-bond acceptors (Lipinski definition) is 2. The van der Waals surface area contributed by atoms with Crippen LogP contribution in [0.1, 0.15) is 46.7 Å². The Morgan fingerprint density at radius 2 is 0.825 bits per heavy atom. The summed E-state index contributed by atoms with van der Waals surface area (Å²) < 4.78 is 0. The lowest BCUT2D eigenvalue weighted by molar-refractivity contribution is 0.681. The van der Waals surface area contributed by atoms with Crippen LogP contribution in [0.4, 0.5) is 0 Å². The van der Waals surface area contributed by atoms with E-state index in [9.17, 15) is 0 Å². The minimum Gasteiger partial charge on any atom is -0.353 e. The molecule has 0 spiro atoms. The van der Waals surface area contributed by atoms with E-state index in [2.05, 4.69) is 119 Å². The van der Waals surface area contributed by atoms with Crippen molar-refractivity contribution in [2.75, 3.05) is 0 Å². The lowest BCUT2D eigenvalue weighted by Crippen LogP contribution is -2.06. The van der Waals surface area contributed by atoms with Gasteiger partial charge in [0.25, 0.3) is 0 Å². The highest BCUT2D eigenvalue weighted by atomic mass is 14.8. The van der Waals surface area contributed by atoms with Gasteiger partial charge in [-0.05, 0) is 96.5 Å². The number of nitrogens with one attached hydrogen (secondary N) is 2. The summed E-state index contributed by atoms with van der Waals surface area (Å²) in [7, 11) is 0. The van der Waals surface area contributed by atoms with Crippen molar-refractivity contribution in [3.8, 4) is 22.3 Å². The molecule has 0 fully saturated rings. The average Bonchev–Trinajstić information content (AvgIpc) is 3.83. The van der Waals surface area contributed by atoms with Gasteiger partial charge in [-0.25, -0.2) is 9.97 Å². The molecule has 0 saturated carbocycles. The first-order chi connectivity index (χ1) is 19.8. The largest absolute Gasteiger partial charge is 0.353 e. The van der Waals surface area contributed by atoms with Gasteiger partial charge in [0.2, 0.25) is 0 Å². The number of nitrogens with zero attached hydrogens (tertiary/aromatic N) is 2. The van der Waals surface area contributed by atoms with Crippen LogP contribution in [0, 0.1) is 0 Å². The Morgan fingerprint density at radius 1 is 0.425 bits per heavy atom. The normalized spacial score (nSPS) is 13.9. The molecule has 1 aliphatic carbocycles. The molecule has 5 heterocycles. The van der Waals surface area contributed by atoms with E-state index in [0.717, 1.165) is 79.9 Å². The van der Waals surface area contributed by atoms with Gasteiger partial charge < -0.3 is 9.97 Å². The van der Waals surface area contributed by atoms with Crippen LogP contribution in [0.3, 0.4) is 0 Å². The fourth-order valence-corrected chi connectivity index (χ4v) is 6.29. The highest BCUT2D eigenvalue weighted by Crippen LogP contribution is 2.38. The smallest absolute Gasteiger partial charge is 0.0872 e. The molecule has 8 bridgehead atoms. The molecule has 192 valence electrons. The number of fused-ring (bicyclic) bond motifs is 13.